The molecule has 2 rings (SSSR count). The molecule has 0 bridgehead atoms. The first-order valence-corrected chi connectivity index (χ1v) is 6.46. The summed E-state index contributed by atoms with van der Waals surface area (Å²) in [6.07, 6.45) is 3.16. The second kappa shape index (κ2) is 6.50. The fourth-order valence-electron chi connectivity index (χ4n) is 2.53. The molecular formula is C14H19ClF2N2O. The number of hydrogen-bond acceptors (Lipinski definition) is 2. The zero-order chi connectivity index (χ0) is 13.9. The Kier molecular flexibility index (Phi) is 5.48. The normalized spacial score (nSPS) is 17.4. The number of nitrogens with one attached hydrogen (secondary N) is 1. The fourth-order valence-corrected chi connectivity index (χ4v) is 2.53. The molecule has 0 aliphatic heterocycles. The van der Waals surface area contributed by atoms with E-state index < -0.39 is 17.4 Å². The van der Waals surface area contributed by atoms with E-state index in [0.29, 0.717) is 12.8 Å². The van der Waals surface area contributed by atoms with E-state index in [4.69, 9.17) is 5.73 Å². The minimum Gasteiger partial charge on any atom is -0.344 e. The first-order chi connectivity index (χ1) is 9.00. The molecule has 1 aliphatic carbocycles. The predicted octanol–water partition coefficient (Wildman–Crippen LogP) is 2.59. The Morgan fingerprint density at radius 3 is 2.30 bits per heavy atom. The van der Waals surface area contributed by atoms with Gasteiger partial charge in [0.2, 0.25) is 0 Å². The Bertz CT molecular complexity index is 448. The van der Waals surface area contributed by atoms with Crippen LogP contribution in [0.4, 0.5) is 8.78 Å². The van der Waals surface area contributed by atoms with Gasteiger partial charge in [0.1, 0.15) is 0 Å². The molecule has 0 heterocycles. The summed E-state index contributed by atoms with van der Waals surface area (Å²) in [6, 6.07) is 7.12. The van der Waals surface area contributed by atoms with Crippen LogP contribution in [-0.4, -0.2) is 18.0 Å². The smallest absolute Gasteiger partial charge is 0.344 e. The maximum atomic E-state index is 14.1. The number of halogens is 3. The highest BCUT2D eigenvalue weighted by Gasteiger charge is 2.45. The maximum Gasteiger partial charge on any atom is 0.349 e. The highest BCUT2D eigenvalue weighted by atomic mass is 35.5. The van der Waals surface area contributed by atoms with Gasteiger partial charge in [0.15, 0.2) is 0 Å². The Labute approximate surface area is 123 Å². The van der Waals surface area contributed by atoms with Gasteiger partial charge in [-0.15, -0.1) is 12.4 Å². The highest BCUT2D eigenvalue weighted by molar-refractivity contribution is 5.85. The van der Waals surface area contributed by atoms with Crippen molar-refractivity contribution in [3.63, 3.8) is 0 Å². The molecule has 0 unspecified atom stereocenters. The molecular weight excluding hydrogens is 286 g/mol. The van der Waals surface area contributed by atoms with Crippen molar-refractivity contribution in [2.24, 2.45) is 5.73 Å². The Morgan fingerprint density at radius 1 is 1.25 bits per heavy atom. The number of benzene rings is 1. The number of nitrogens with two attached hydrogens (primary N) is 1. The molecule has 6 heteroatoms. The molecule has 1 fully saturated rings. The molecule has 3 nitrogen and oxygen atoms in total. The molecule has 20 heavy (non-hydrogen) atoms. The third-order valence-corrected chi connectivity index (χ3v) is 3.75. The summed E-state index contributed by atoms with van der Waals surface area (Å²) in [4.78, 5) is 11.9. The third kappa shape index (κ3) is 3.27. The van der Waals surface area contributed by atoms with Gasteiger partial charge in [-0.3, -0.25) is 4.79 Å². The Hall–Kier alpha value is -1.20. The molecule has 1 aliphatic rings. The molecule has 1 saturated carbocycles. The number of hydrogen-bond donors (Lipinski definition) is 2. The van der Waals surface area contributed by atoms with Crippen LogP contribution in [0, 0.1) is 0 Å². The van der Waals surface area contributed by atoms with Crippen LogP contribution in [-0.2, 0) is 10.7 Å². The van der Waals surface area contributed by atoms with E-state index in [1.807, 2.05) is 0 Å². The zero-order valence-corrected chi connectivity index (χ0v) is 11.9. The summed E-state index contributed by atoms with van der Waals surface area (Å²) >= 11 is 0. The summed E-state index contributed by atoms with van der Waals surface area (Å²) in [6.45, 7) is 0.198. The summed E-state index contributed by atoms with van der Waals surface area (Å²) in [5, 5.41) is 2.47. The lowest BCUT2D eigenvalue weighted by molar-refractivity contribution is -0.149. The van der Waals surface area contributed by atoms with Crippen molar-refractivity contribution in [1.82, 2.24) is 5.32 Å². The summed E-state index contributed by atoms with van der Waals surface area (Å²) in [5.74, 6) is -4.78. The molecule has 1 aromatic rings. The number of carbonyl (C=O) groups is 1. The SMILES string of the molecule is Cl.NCC1(NC(=O)C(F)(F)c2ccccc2)CCCC1. The molecule has 0 spiro atoms. The molecule has 0 aromatic heterocycles. The zero-order valence-electron chi connectivity index (χ0n) is 11.1. The van der Waals surface area contributed by atoms with Crippen molar-refractivity contribution in [2.45, 2.75) is 37.1 Å². The van der Waals surface area contributed by atoms with Crippen LogP contribution in [0.15, 0.2) is 30.3 Å². The van der Waals surface area contributed by atoms with Gasteiger partial charge in [0.05, 0.1) is 5.54 Å². The lowest BCUT2D eigenvalue weighted by Gasteiger charge is -2.30. The first kappa shape index (κ1) is 16.9. The molecule has 112 valence electrons. The standard InChI is InChI=1S/C14H18F2N2O.ClH/c15-14(16,11-6-2-1-3-7-11)12(19)18-13(10-17)8-4-5-9-13;/h1-3,6-7H,4-5,8-10,17H2,(H,18,19);1H. The van der Waals surface area contributed by atoms with Gasteiger partial charge in [-0.1, -0.05) is 43.2 Å². The third-order valence-electron chi connectivity index (χ3n) is 3.75. The summed E-state index contributed by atoms with van der Waals surface area (Å²) < 4.78 is 28.1. The van der Waals surface area contributed by atoms with E-state index in [1.54, 1.807) is 6.07 Å². The van der Waals surface area contributed by atoms with E-state index in [9.17, 15) is 13.6 Å². The van der Waals surface area contributed by atoms with Gasteiger partial charge in [-0.05, 0) is 12.8 Å². The number of amides is 1. The average molecular weight is 305 g/mol. The van der Waals surface area contributed by atoms with Gasteiger partial charge < -0.3 is 11.1 Å². The van der Waals surface area contributed by atoms with Gasteiger partial charge >= 0.3 is 5.92 Å². The topological polar surface area (TPSA) is 55.1 Å². The van der Waals surface area contributed by atoms with Crippen molar-refractivity contribution < 1.29 is 13.6 Å². The average Bonchev–Trinajstić information content (AvgIpc) is 2.89. The fraction of sp³-hybridized carbons (Fsp3) is 0.500. The minimum atomic E-state index is -3.52. The second-order valence-corrected chi connectivity index (χ2v) is 5.09. The van der Waals surface area contributed by atoms with Crippen molar-refractivity contribution in [1.29, 1.82) is 0 Å². The molecule has 1 aromatic carbocycles. The van der Waals surface area contributed by atoms with Crippen LogP contribution in [0.5, 0.6) is 0 Å². The van der Waals surface area contributed by atoms with E-state index in [0.717, 1.165) is 12.8 Å². The lowest BCUT2D eigenvalue weighted by Crippen LogP contribution is -2.55. The van der Waals surface area contributed by atoms with Gasteiger partial charge in [0, 0.05) is 12.1 Å². The minimum absolute atomic E-state index is 0. The van der Waals surface area contributed by atoms with Crippen molar-refractivity contribution in [2.75, 3.05) is 6.54 Å². The quantitative estimate of drug-likeness (QED) is 0.898. The molecule has 3 N–H and O–H groups in total. The lowest BCUT2D eigenvalue weighted by atomic mass is 9.96. The highest BCUT2D eigenvalue weighted by Crippen LogP contribution is 2.33. The van der Waals surface area contributed by atoms with Crippen molar-refractivity contribution in [3.8, 4) is 0 Å². The Balaban J connectivity index is 0.00000200. The largest absolute Gasteiger partial charge is 0.349 e. The molecule has 0 radical (unpaired) electrons. The van der Waals surface area contributed by atoms with Crippen LogP contribution in [0.25, 0.3) is 0 Å². The number of carbonyl (C=O) groups excluding carboxylic acids is 1. The van der Waals surface area contributed by atoms with Crippen LogP contribution in [0.3, 0.4) is 0 Å². The van der Waals surface area contributed by atoms with Gasteiger partial charge in [-0.2, -0.15) is 8.78 Å². The van der Waals surface area contributed by atoms with E-state index in [-0.39, 0.29) is 24.5 Å². The van der Waals surface area contributed by atoms with Crippen LogP contribution in [0.1, 0.15) is 31.2 Å². The maximum absolute atomic E-state index is 14.1. The van der Waals surface area contributed by atoms with Crippen LogP contribution >= 0.6 is 12.4 Å². The molecule has 0 atom stereocenters. The second-order valence-electron chi connectivity index (χ2n) is 5.09. The van der Waals surface area contributed by atoms with Gasteiger partial charge in [-0.25, -0.2) is 0 Å². The summed E-state index contributed by atoms with van der Waals surface area (Å²) in [7, 11) is 0. The molecule has 1 amide bonds. The van der Waals surface area contributed by atoms with E-state index in [1.165, 1.54) is 24.3 Å². The monoisotopic (exact) mass is 304 g/mol. The first-order valence-electron chi connectivity index (χ1n) is 6.46. The Morgan fingerprint density at radius 2 is 1.80 bits per heavy atom. The van der Waals surface area contributed by atoms with E-state index in [2.05, 4.69) is 5.32 Å². The van der Waals surface area contributed by atoms with E-state index >= 15 is 0 Å². The van der Waals surface area contributed by atoms with Crippen LogP contribution in [0.2, 0.25) is 0 Å². The van der Waals surface area contributed by atoms with Gasteiger partial charge in [0.25, 0.3) is 5.91 Å². The predicted molar refractivity (Wildman–Crippen MR) is 76.0 cm³/mol. The molecule has 0 saturated heterocycles. The number of alkyl halides is 2. The van der Waals surface area contributed by atoms with Crippen molar-refractivity contribution >= 4 is 18.3 Å². The van der Waals surface area contributed by atoms with Crippen LogP contribution < -0.4 is 11.1 Å². The van der Waals surface area contributed by atoms with Crippen molar-refractivity contribution in [3.05, 3.63) is 35.9 Å². The number of rotatable bonds is 4. The summed E-state index contributed by atoms with van der Waals surface area (Å²) in [5.41, 5.74) is 4.69.